The number of nitrogens with two attached hydrogens (primary N) is 1. The molecule has 72 valence electrons. The number of pyridine rings is 1. The molecule has 0 aliphatic heterocycles. The number of aromatic nitrogens is 1. The highest BCUT2D eigenvalue weighted by Crippen LogP contribution is 2.31. The topological polar surface area (TPSA) is 38.9 Å². The first-order valence-electron chi connectivity index (χ1n) is 3.32. The van der Waals surface area contributed by atoms with Crippen molar-refractivity contribution < 1.29 is 13.2 Å². The van der Waals surface area contributed by atoms with Gasteiger partial charge in [0.25, 0.3) is 0 Å². The van der Waals surface area contributed by atoms with Gasteiger partial charge in [0.2, 0.25) is 0 Å². The lowest BCUT2D eigenvalue weighted by Crippen LogP contribution is -2.10. The third-order valence-electron chi connectivity index (χ3n) is 1.46. The molecule has 13 heavy (non-hydrogen) atoms. The summed E-state index contributed by atoms with van der Waals surface area (Å²) in [4.78, 5) is 3.13. The Morgan fingerprint density at radius 1 is 1.46 bits per heavy atom. The number of nitrogen functional groups attached to an aromatic ring is 1. The van der Waals surface area contributed by atoms with E-state index in [1.807, 2.05) is 0 Å². The van der Waals surface area contributed by atoms with Crippen LogP contribution in [0, 0.1) is 6.92 Å². The molecule has 0 saturated heterocycles. The summed E-state index contributed by atoms with van der Waals surface area (Å²) >= 11 is 5.54. The molecule has 1 aromatic heterocycles. The van der Waals surface area contributed by atoms with Crippen molar-refractivity contribution in [2.45, 2.75) is 13.1 Å². The molecule has 0 saturated carbocycles. The number of alkyl halides is 3. The standard InChI is InChI=1S/C7H6ClF3N2/c1-3-2-4(7(9,10)11)13-6(12)5(3)8/h2H,1H3,(H2,12,13). The first-order valence-corrected chi connectivity index (χ1v) is 3.70. The maximum absolute atomic E-state index is 12.1. The third kappa shape index (κ3) is 2.03. The highest BCUT2D eigenvalue weighted by molar-refractivity contribution is 6.33. The van der Waals surface area contributed by atoms with Gasteiger partial charge in [-0.05, 0) is 18.6 Å². The number of aryl methyl sites for hydroxylation is 1. The fourth-order valence-electron chi connectivity index (χ4n) is 0.827. The molecule has 2 nitrogen and oxygen atoms in total. The Kier molecular flexibility index (Phi) is 2.38. The molecule has 0 aliphatic rings. The highest BCUT2D eigenvalue weighted by Gasteiger charge is 2.33. The molecule has 0 fully saturated rings. The van der Waals surface area contributed by atoms with Crippen LogP contribution in [0.5, 0.6) is 0 Å². The van der Waals surface area contributed by atoms with E-state index in [0.717, 1.165) is 6.07 Å². The van der Waals surface area contributed by atoms with Crippen molar-refractivity contribution in [3.05, 3.63) is 22.3 Å². The van der Waals surface area contributed by atoms with Gasteiger partial charge >= 0.3 is 6.18 Å². The van der Waals surface area contributed by atoms with Gasteiger partial charge in [-0.3, -0.25) is 0 Å². The summed E-state index contributed by atoms with van der Waals surface area (Å²) in [6.07, 6.45) is -4.48. The second-order valence-corrected chi connectivity index (χ2v) is 2.90. The van der Waals surface area contributed by atoms with Crippen LogP contribution in [-0.4, -0.2) is 4.98 Å². The zero-order valence-corrected chi connectivity index (χ0v) is 7.37. The van der Waals surface area contributed by atoms with Crippen LogP contribution in [0.25, 0.3) is 0 Å². The fourth-order valence-corrected chi connectivity index (χ4v) is 0.924. The van der Waals surface area contributed by atoms with Gasteiger partial charge in [-0.25, -0.2) is 4.98 Å². The molecule has 2 N–H and O–H groups in total. The minimum atomic E-state index is -4.48. The lowest BCUT2D eigenvalue weighted by molar-refractivity contribution is -0.141. The van der Waals surface area contributed by atoms with Gasteiger partial charge in [0, 0.05) is 0 Å². The summed E-state index contributed by atoms with van der Waals surface area (Å²) in [6, 6.07) is 0.860. The number of anilines is 1. The molecule has 0 aliphatic carbocycles. The van der Waals surface area contributed by atoms with Gasteiger partial charge in [0.05, 0.1) is 5.02 Å². The second kappa shape index (κ2) is 3.06. The lowest BCUT2D eigenvalue weighted by atomic mass is 10.2. The molecule has 6 heteroatoms. The molecule has 0 spiro atoms. The predicted octanol–water partition coefficient (Wildman–Crippen LogP) is 2.64. The van der Waals surface area contributed by atoms with Crippen molar-refractivity contribution in [3.63, 3.8) is 0 Å². The van der Waals surface area contributed by atoms with Crippen LogP contribution in [0.2, 0.25) is 5.02 Å². The quantitative estimate of drug-likeness (QED) is 0.715. The normalized spacial score (nSPS) is 11.8. The fraction of sp³-hybridized carbons (Fsp3) is 0.286. The van der Waals surface area contributed by atoms with E-state index >= 15 is 0 Å². The molecule has 1 heterocycles. The van der Waals surface area contributed by atoms with Crippen LogP contribution in [0.1, 0.15) is 11.3 Å². The summed E-state index contributed by atoms with van der Waals surface area (Å²) < 4.78 is 36.4. The Balaban J connectivity index is 3.29. The van der Waals surface area contributed by atoms with E-state index in [-0.39, 0.29) is 16.4 Å². The third-order valence-corrected chi connectivity index (χ3v) is 1.95. The Labute approximate surface area is 77.5 Å². The zero-order chi connectivity index (χ0) is 10.2. The molecule has 0 atom stereocenters. The Bertz CT molecular complexity index is 312. The number of hydrogen-bond acceptors (Lipinski definition) is 2. The number of hydrogen-bond donors (Lipinski definition) is 1. The summed E-state index contributed by atoms with van der Waals surface area (Å²) in [5, 5.41) is 0.0630. The monoisotopic (exact) mass is 210 g/mol. The zero-order valence-electron chi connectivity index (χ0n) is 6.61. The van der Waals surface area contributed by atoms with Crippen molar-refractivity contribution in [3.8, 4) is 0 Å². The molecule has 0 unspecified atom stereocenters. The minimum Gasteiger partial charge on any atom is -0.382 e. The van der Waals surface area contributed by atoms with Crippen molar-refractivity contribution in [2.24, 2.45) is 0 Å². The van der Waals surface area contributed by atoms with Crippen LogP contribution in [0.3, 0.4) is 0 Å². The molecule has 0 amide bonds. The van der Waals surface area contributed by atoms with Crippen molar-refractivity contribution >= 4 is 17.4 Å². The molecule has 1 aromatic rings. The van der Waals surface area contributed by atoms with E-state index in [0.29, 0.717) is 0 Å². The highest BCUT2D eigenvalue weighted by atomic mass is 35.5. The molecule has 0 aromatic carbocycles. The maximum Gasteiger partial charge on any atom is 0.433 e. The molecular weight excluding hydrogens is 205 g/mol. The van der Waals surface area contributed by atoms with Crippen LogP contribution < -0.4 is 5.73 Å². The summed E-state index contributed by atoms with van der Waals surface area (Å²) in [6.45, 7) is 1.44. The van der Waals surface area contributed by atoms with E-state index in [1.165, 1.54) is 6.92 Å². The van der Waals surface area contributed by atoms with E-state index in [1.54, 1.807) is 0 Å². The van der Waals surface area contributed by atoms with Gasteiger partial charge in [-0.15, -0.1) is 0 Å². The minimum absolute atomic E-state index is 0.0630. The average molecular weight is 211 g/mol. The van der Waals surface area contributed by atoms with Crippen LogP contribution in [0.15, 0.2) is 6.07 Å². The number of nitrogens with zero attached hydrogens (tertiary/aromatic N) is 1. The Hall–Kier alpha value is -0.970. The summed E-state index contributed by atoms with van der Waals surface area (Å²) in [5.41, 5.74) is 4.42. The Morgan fingerprint density at radius 3 is 2.38 bits per heavy atom. The average Bonchev–Trinajstić information content (AvgIpc) is 1.97. The maximum atomic E-state index is 12.1. The summed E-state index contributed by atoms with van der Waals surface area (Å²) in [5.74, 6) is -0.297. The first kappa shape index (κ1) is 10.1. The van der Waals surface area contributed by atoms with Crippen LogP contribution >= 0.6 is 11.6 Å². The van der Waals surface area contributed by atoms with E-state index < -0.39 is 11.9 Å². The van der Waals surface area contributed by atoms with Crippen molar-refractivity contribution in [1.82, 2.24) is 4.98 Å². The number of halogens is 4. The van der Waals surface area contributed by atoms with E-state index in [9.17, 15) is 13.2 Å². The van der Waals surface area contributed by atoms with E-state index in [2.05, 4.69) is 4.98 Å². The van der Waals surface area contributed by atoms with Crippen molar-refractivity contribution in [2.75, 3.05) is 5.73 Å². The Morgan fingerprint density at radius 2 is 2.00 bits per heavy atom. The van der Waals surface area contributed by atoms with Gasteiger partial charge in [-0.2, -0.15) is 13.2 Å². The van der Waals surface area contributed by atoms with Gasteiger partial charge in [0.1, 0.15) is 11.5 Å². The summed E-state index contributed by atoms with van der Waals surface area (Å²) in [7, 11) is 0. The largest absolute Gasteiger partial charge is 0.433 e. The molecule has 1 rings (SSSR count). The van der Waals surface area contributed by atoms with Gasteiger partial charge in [0.15, 0.2) is 0 Å². The SMILES string of the molecule is Cc1cc(C(F)(F)F)nc(N)c1Cl. The first-order chi connectivity index (χ1) is 5.82. The molecular formula is C7H6ClF3N2. The van der Waals surface area contributed by atoms with Crippen LogP contribution in [-0.2, 0) is 6.18 Å². The van der Waals surface area contributed by atoms with Gasteiger partial charge in [-0.1, -0.05) is 11.6 Å². The van der Waals surface area contributed by atoms with Gasteiger partial charge < -0.3 is 5.73 Å². The lowest BCUT2D eigenvalue weighted by Gasteiger charge is -2.08. The molecule has 0 bridgehead atoms. The van der Waals surface area contributed by atoms with E-state index in [4.69, 9.17) is 17.3 Å². The predicted molar refractivity (Wildman–Crippen MR) is 43.4 cm³/mol. The number of rotatable bonds is 0. The molecule has 0 radical (unpaired) electrons. The van der Waals surface area contributed by atoms with Crippen LogP contribution in [0.4, 0.5) is 19.0 Å². The second-order valence-electron chi connectivity index (χ2n) is 2.52. The smallest absolute Gasteiger partial charge is 0.382 e. The van der Waals surface area contributed by atoms with Crippen molar-refractivity contribution in [1.29, 1.82) is 0 Å².